The maximum absolute atomic E-state index is 11.5. The molecule has 0 unspecified atom stereocenters. The molecule has 1 aromatic heterocycles. The molecule has 10 heteroatoms. The molecule has 1 aliphatic heterocycles. The van der Waals surface area contributed by atoms with Gasteiger partial charge in [0.2, 0.25) is 11.8 Å². The van der Waals surface area contributed by atoms with Crippen LogP contribution in [-0.4, -0.2) is 41.2 Å². The van der Waals surface area contributed by atoms with E-state index in [0.29, 0.717) is 48.0 Å². The second-order valence-corrected chi connectivity index (χ2v) is 6.26. The molecule has 132 valence electrons. The van der Waals surface area contributed by atoms with Crippen LogP contribution >= 0.6 is 23.2 Å². The van der Waals surface area contributed by atoms with Crippen molar-refractivity contribution in [3.8, 4) is 0 Å². The van der Waals surface area contributed by atoms with Gasteiger partial charge in [-0.3, -0.25) is 10.1 Å². The molecule has 0 aliphatic carbocycles. The van der Waals surface area contributed by atoms with E-state index in [1.807, 2.05) is 4.90 Å². The van der Waals surface area contributed by atoms with Crippen LogP contribution in [0.15, 0.2) is 18.2 Å². The van der Waals surface area contributed by atoms with Crippen LogP contribution in [-0.2, 0) is 4.74 Å². The standard InChI is InChI=1S/C15H15Cl2N5O3/c1-9-13(22(23)24)14(19-12-8-10(16)2-3-11(12)17)20-15(18-9)21-4-6-25-7-5-21/h2-3,8H,4-7H2,1H3,(H,18,19,20). The van der Waals surface area contributed by atoms with E-state index in [2.05, 4.69) is 15.3 Å². The van der Waals surface area contributed by atoms with Crippen LogP contribution in [0.25, 0.3) is 0 Å². The number of anilines is 3. The first-order chi connectivity index (χ1) is 12.0. The van der Waals surface area contributed by atoms with Gasteiger partial charge in [0.15, 0.2) is 0 Å². The van der Waals surface area contributed by atoms with E-state index < -0.39 is 4.92 Å². The monoisotopic (exact) mass is 383 g/mol. The summed E-state index contributed by atoms with van der Waals surface area (Å²) in [5.74, 6) is 0.482. The van der Waals surface area contributed by atoms with Gasteiger partial charge in [-0.1, -0.05) is 23.2 Å². The molecule has 2 aromatic rings. The van der Waals surface area contributed by atoms with Crippen LogP contribution in [0.2, 0.25) is 10.0 Å². The molecule has 0 saturated carbocycles. The number of aryl methyl sites for hydroxylation is 1. The molecule has 0 bridgehead atoms. The minimum absolute atomic E-state index is 0.0724. The number of hydrogen-bond acceptors (Lipinski definition) is 7. The highest BCUT2D eigenvalue weighted by molar-refractivity contribution is 6.35. The highest BCUT2D eigenvalue weighted by Crippen LogP contribution is 2.34. The average molecular weight is 384 g/mol. The molecule has 1 N–H and O–H groups in total. The fourth-order valence-electron chi connectivity index (χ4n) is 2.48. The van der Waals surface area contributed by atoms with Crippen molar-refractivity contribution in [2.75, 3.05) is 36.5 Å². The largest absolute Gasteiger partial charge is 0.378 e. The Morgan fingerprint density at radius 2 is 2.00 bits per heavy atom. The number of ether oxygens (including phenoxy) is 1. The van der Waals surface area contributed by atoms with Crippen LogP contribution in [0.5, 0.6) is 0 Å². The number of halogens is 2. The third kappa shape index (κ3) is 3.92. The van der Waals surface area contributed by atoms with E-state index in [1.54, 1.807) is 25.1 Å². The smallest absolute Gasteiger partial charge is 0.332 e. The van der Waals surface area contributed by atoms with Crippen LogP contribution in [0.3, 0.4) is 0 Å². The Hall–Kier alpha value is -2.16. The van der Waals surface area contributed by atoms with Gasteiger partial charge in [-0.2, -0.15) is 4.98 Å². The lowest BCUT2D eigenvalue weighted by Gasteiger charge is -2.27. The van der Waals surface area contributed by atoms with Gasteiger partial charge in [0, 0.05) is 18.1 Å². The SMILES string of the molecule is Cc1nc(N2CCOCC2)nc(Nc2cc(Cl)ccc2Cl)c1[N+](=O)[O-]. The zero-order valence-corrected chi connectivity index (χ0v) is 14.8. The second kappa shape index (κ2) is 7.38. The number of nitrogens with one attached hydrogen (secondary N) is 1. The highest BCUT2D eigenvalue weighted by Gasteiger charge is 2.25. The first-order valence-electron chi connectivity index (χ1n) is 7.53. The lowest BCUT2D eigenvalue weighted by molar-refractivity contribution is -0.385. The van der Waals surface area contributed by atoms with Gasteiger partial charge in [0.05, 0.1) is 28.8 Å². The zero-order valence-electron chi connectivity index (χ0n) is 13.3. The summed E-state index contributed by atoms with van der Waals surface area (Å²) in [6.07, 6.45) is 0. The van der Waals surface area contributed by atoms with Crippen LogP contribution < -0.4 is 10.2 Å². The predicted molar refractivity (Wildman–Crippen MR) is 96.2 cm³/mol. The predicted octanol–water partition coefficient (Wildman–Crippen LogP) is 3.58. The van der Waals surface area contributed by atoms with Crippen LogP contribution in [0, 0.1) is 17.0 Å². The minimum Gasteiger partial charge on any atom is -0.378 e. The fraction of sp³-hybridized carbons (Fsp3) is 0.333. The molecule has 1 aromatic carbocycles. The Labute approximate surface area is 153 Å². The summed E-state index contributed by atoms with van der Waals surface area (Å²) in [5, 5.41) is 15.2. The number of nitrogens with zero attached hydrogens (tertiary/aromatic N) is 4. The third-order valence-corrected chi connectivity index (χ3v) is 4.27. The van der Waals surface area contributed by atoms with Crippen molar-refractivity contribution in [1.82, 2.24) is 9.97 Å². The summed E-state index contributed by atoms with van der Waals surface area (Å²) in [6, 6.07) is 4.82. The Morgan fingerprint density at radius 1 is 1.28 bits per heavy atom. The lowest BCUT2D eigenvalue weighted by atomic mass is 10.3. The number of morpholine rings is 1. The molecular weight excluding hydrogens is 369 g/mol. The van der Waals surface area contributed by atoms with Crippen molar-refractivity contribution in [2.24, 2.45) is 0 Å². The number of hydrogen-bond donors (Lipinski definition) is 1. The van der Waals surface area contributed by atoms with E-state index in [4.69, 9.17) is 27.9 Å². The first-order valence-corrected chi connectivity index (χ1v) is 8.29. The fourth-order valence-corrected chi connectivity index (χ4v) is 2.82. The van der Waals surface area contributed by atoms with E-state index in [0.717, 1.165) is 0 Å². The molecule has 0 spiro atoms. The average Bonchev–Trinajstić information content (AvgIpc) is 2.58. The Morgan fingerprint density at radius 3 is 2.68 bits per heavy atom. The van der Waals surface area contributed by atoms with Gasteiger partial charge in [-0.15, -0.1) is 0 Å². The van der Waals surface area contributed by atoms with Gasteiger partial charge in [-0.05, 0) is 25.1 Å². The Bertz CT molecular complexity index is 812. The maximum atomic E-state index is 11.5. The molecule has 1 aliphatic rings. The number of benzene rings is 1. The molecule has 1 saturated heterocycles. The number of rotatable bonds is 4. The summed E-state index contributed by atoms with van der Waals surface area (Å²) in [4.78, 5) is 21.5. The summed E-state index contributed by atoms with van der Waals surface area (Å²) < 4.78 is 5.31. The number of nitro groups is 1. The number of aromatic nitrogens is 2. The van der Waals surface area contributed by atoms with Gasteiger partial charge in [0.25, 0.3) is 0 Å². The van der Waals surface area contributed by atoms with E-state index in [-0.39, 0.29) is 17.2 Å². The summed E-state index contributed by atoms with van der Waals surface area (Å²) in [6.45, 7) is 3.93. The quantitative estimate of drug-likeness (QED) is 0.636. The molecule has 0 radical (unpaired) electrons. The van der Waals surface area contributed by atoms with Crippen LogP contribution in [0.1, 0.15) is 5.69 Å². The summed E-state index contributed by atoms with van der Waals surface area (Å²) in [7, 11) is 0. The molecule has 25 heavy (non-hydrogen) atoms. The van der Waals surface area contributed by atoms with E-state index >= 15 is 0 Å². The van der Waals surface area contributed by atoms with Crippen molar-refractivity contribution >= 4 is 46.3 Å². The van der Waals surface area contributed by atoms with Gasteiger partial charge < -0.3 is 15.0 Å². The maximum Gasteiger partial charge on any atom is 0.332 e. The van der Waals surface area contributed by atoms with Crippen LogP contribution in [0.4, 0.5) is 23.1 Å². The van der Waals surface area contributed by atoms with Gasteiger partial charge in [-0.25, -0.2) is 4.98 Å². The second-order valence-electron chi connectivity index (χ2n) is 5.41. The van der Waals surface area contributed by atoms with Crippen molar-refractivity contribution in [2.45, 2.75) is 6.92 Å². The zero-order chi connectivity index (χ0) is 18.0. The summed E-state index contributed by atoms with van der Waals surface area (Å²) in [5.41, 5.74) is 0.499. The van der Waals surface area contributed by atoms with Gasteiger partial charge >= 0.3 is 5.69 Å². The Balaban J connectivity index is 2.04. The van der Waals surface area contributed by atoms with Crippen molar-refractivity contribution in [1.29, 1.82) is 0 Å². The molecule has 0 amide bonds. The normalized spacial score (nSPS) is 14.4. The van der Waals surface area contributed by atoms with E-state index in [9.17, 15) is 10.1 Å². The molecule has 0 atom stereocenters. The van der Waals surface area contributed by atoms with Gasteiger partial charge in [0.1, 0.15) is 5.69 Å². The molecular formula is C15H15Cl2N5O3. The molecule has 1 fully saturated rings. The molecule has 3 rings (SSSR count). The summed E-state index contributed by atoms with van der Waals surface area (Å²) >= 11 is 12.1. The third-order valence-electron chi connectivity index (χ3n) is 3.70. The topological polar surface area (TPSA) is 93.4 Å². The minimum atomic E-state index is -0.515. The van der Waals surface area contributed by atoms with Crippen molar-refractivity contribution in [3.05, 3.63) is 44.1 Å². The first kappa shape index (κ1) is 17.7. The van der Waals surface area contributed by atoms with E-state index in [1.165, 1.54) is 0 Å². The Kier molecular flexibility index (Phi) is 5.22. The highest BCUT2D eigenvalue weighted by atomic mass is 35.5. The molecule has 8 nitrogen and oxygen atoms in total. The molecule has 2 heterocycles. The van der Waals surface area contributed by atoms with Crippen molar-refractivity contribution < 1.29 is 9.66 Å². The lowest BCUT2D eigenvalue weighted by Crippen LogP contribution is -2.37. The van der Waals surface area contributed by atoms with Crippen molar-refractivity contribution in [3.63, 3.8) is 0 Å².